The van der Waals surface area contributed by atoms with Crippen LogP contribution in [0.1, 0.15) is 36.3 Å². The second-order valence-electron chi connectivity index (χ2n) is 7.14. The molecule has 2 heterocycles. The molecule has 8 heteroatoms. The van der Waals surface area contributed by atoms with Crippen molar-refractivity contribution < 1.29 is 9.21 Å². The lowest BCUT2D eigenvalue weighted by molar-refractivity contribution is 0.0632. The molecule has 0 spiro atoms. The lowest BCUT2D eigenvalue weighted by Crippen LogP contribution is -2.41. The summed E-state index contributed by atoms with van der Waals surface area (Å²) in [6.07, 6.45) is 1.47. The highest BCUT2D eigenvalue weighted by atomic mass is 35.5. The van der Waals surface area contributed by atoms with E-state index in [9.17, 15) is 9.59 Å². The summed E-state index contributed by atoms with van der Waals surface area (Å²) in [6, 6.07) is 7.96. The Hall–Kier alpha value is -2.64. The molecule has 1 aromatic carbocycles. The summed E-state index contributed by atoms with van der Waals surface area (Å²) in [5.41, 5.74) is 0.392. The lowest BCUT2D eigenvalue weighted by Gasteiger charge is -2.30. The number of hydrogen-bond acceptors (Lipinski definition) is 5. The Balaban J connectivity index is 2.09. The van der Waals surface area contributed by atoms with Crippen LogP contribution in [0.3, 0.4) is 0 Å². The second kappa shape index (κ2) is 8.80. The molecule has 0 radical (unpaired) electrons. The summed E-state index contributed by atoms with van der Waals surface area (Å²) in [6.45, 7) is 5.33. The molecule has 1 amide bonds. The van der Waals surface area contributed by atoms with Crippen LogP contribution in [-0.2, 0) is 6.54 Å². The van der Waals surface area contributed by atoms with Crippen LogP contribution in [0.5, 0.6) is 0 Å². The summed E-state index contributed by atoms with van der Waals surface area (Å²) in [5.74, 6) is 0.553. The molecule has 0 saturated heterocycles. The molecular weight excluding hydrogens is 392 g/mol. The van der Waals surface area contributed by atoms with E-state index in [1.165, 1.54) is 6.26 Å². The molecule has 29 heavy (non-hydrogen) atoms. The average molecular weight is 417 g/mol. The number of benzene rings is 1. The van der Waals surface area contributed by atoms with Crippen LogP contribution in [0.4, 0.5) is 0 Å². The number of nitrogens with zero attached hydrogens (tertiary/aromatic N) is 4. The zero-order chi connectivity index (χ0) is 21.1. The fraction of sp³-hybridized carbons (Fsp3) is 0.381. The SMILES string of the molecule is CCn1c(C(C)N(CCN(C)C)C(=O)c2ccco2)nc2ccc(Cl)cc2c1=O. The van der Waals surface area contributed by atoms with Crippen molar-refractivity contribution in [3.8, 4) is 0 Å². The average Bonchev–Trinajstić information content (AvgIpc) is 3.22. The van der Waals surface area contributed by atoms with E-state index in [1.807, 2.05) is 32.8 Å². The molecule has 1 atom stereocenters. The van der Waals surface area contributed by atoms with Crippen molar-refractivity contribution in [1.82, 2.24) is 19.4 Å². The van der Waals surface area contributed by atoms with Gasteiger partial charge in [0.1, 0.15) is 5.82 Å². The fourth-order valence-electron chi connectivity index (χ4n) is 3.29. The first-order valence-electron chi connectivity index (χ1n) is 9.52. The number of hydrogen-bond donors (Lipinski definition) is 0. The maximum Gasteiger partial charge on any atom is 0.290 e. The van der Waals surface area contributed by atoms with E-state index in [0.29, 0.717) is 41.4 Å². The van der Waals surface area contributed by atoms with Gasteiger partial charge in [0.15, 0.2) is 5.76 Å². The second-order valence-corrected chi connectivity index (χ2v) is 7.57. The van der Waals surface area contributed by atoms with E-state index >= 15 is 0 Å². The van der Waals surface area contributed by atoms with Crippen molar-refractivity contribution in [3.63, 3.8) is 0 Å². The number of amides is 1. The molecule has 0 N–H and O–H groups in total. The van der Waals surface area contributed by atoms with E-state index in [1.54, 1.807) is 39.8 Å². The Bertz CT molecular complexity index is 1060. The number of halogens is 1. The highest BCUT2D eigenvalue weighted by molar-refractivity contribution is 6.31. The van der Waals surface area contributed by atoms with Crippen LogP contribution < -0.4 is 5.56 Å². The monoisotopic (exact) mass is 416 g/mol. The van der Waals surface area contributed by atoms with E-state index in [2.05, 4.69) is 0 Å². The molecule has 3 rings (SSSR count). The van der Waals surface area contributed by atoms with Gasteiger partial charge in [0.2, 0.25) is 0 Å². The van der Waals surface area contributed by atoms with Crippen LogP contribution in [0, 0.1) is 0 Å². The van der Waals surface area contributed by atoms with Crippen molar-refractivity contribution in [2.24, 2.45) is 0 Å². The van der Waals surface area contributed by atoms with Crippen molar-refractivity contribution in [2.75, 3.05) is 27.2 Å². The third kappa shape index (κ3) is 4.36. The van der Waals surface area contributed by atoms with Crippen molar-refractivity contribution >= 4 is 28.4 Å². The number of rotatable bonds is 7. The Morgan fingerprint density at radius 3 is 2.66 bits per heavy atom. The highest BCUT2D eigenvalue weighted by Gasteiger charge is 2.28. The summed E-state index contributed by atoms with van der Waals surface area (Å²) < 4.78 is 6.92. The number of furan rings is 1. The highest BCUT2D eigenvalue weighted by Crippen LogP contribution is 2.23. The molecule has 1 unspecified atom stereocenters. The molecule has 7 nitrogen and oxygen atoms in total. The van der Waals surface area contributed by atoms with Crippen molar-refractivity contribution in [2.45, 2.75) is 26.4 Å². The molecule has 154 valence electrons. The molecule has 0 aliphatic carbocycles. The topological polar surface area (TPSA) is 71.6 Å². The number of fused-ring (bicyclic) bond motifs is 1. The summed E-state index contributed by atoms with van der Waals surface area (Å²) in [5, 5.41) is 0.952. The lowest BCUT2D eigenvalue weighted by atomic mass is 10.2. The Kier molecular flexibility index (Phi) is 6.39. The van der Waals surface area contributed by atoms with Crippen LogP contribution in [-0.4, -0.2) is 52.4 Å². The van der Waals surface area contributed by atoms with E-state index < -0.39 is 6.04 Å². The Morgan fingerprint density at radius 1 is 1.28 bits per heavy atom. The van der Waals surface area contributed by atoms with Gasteiger partial charge in [0.05, 0.1) is 23.2 Å². The predicted molar refractivity (Wildman–Crippen MR) is 113 cm³/mol. The van der Waals surface area contributed by atoms with E-state index in [-0.39, 0.29) is 17.2 Å². The van der Waals surface area contributed by atoms with Gasteiger partial charge in [-0.2, -0.15) is 0 Å². The summed E-state index contributed by atoms with van der Waals surface area (Å²) >= 11 is 6.06. The zero-order valence-electron chi connectivity index (χ0n) is 17.1. The first-order chi connectivity index (χ1) is 13.8. The fourth-order valence-corrected chi connectivity index (χ4v) is 3.47. The maximum absolute atomic E-state index is 13.1. The smallest absolute Gasteiger partial charge is 0.290 e. The quantitative estimate of drug-likeness (QED) is 0.590. The molecule has 0 aliphatic rings. The molecule has 0 aliphatic heterocycles. The first kappa shape index (κ1) is 21.1. The van der Waals surface area contributed by atoms with Crippen LogP contribution >= 0.6 is 11.6 Å². The maximum atomic E-state index is 13.1. The largest absolute Gasteiger partial charge is 0.459 e. The van der Waals surface area contributed by atoms with Crippen LogP contribution in [0.25, 0.3) is 10.9 Å². The van der Waals surface area contributed by atoms with Gasteiger partial charge in [-0.3, -0.25) is 14.2 Å². The summed E-state index contributed by atoms with van der Waals surface area (Å²) in [7, 11) is 3.89. The number of carbonyl (C=O) groups is 1. The zero-order valence-corrected chi connectivity index (χ0v) is 17.8. The van der Waals surface area contributed by atoms with Crippen molar-refractivity contribution in [1.29, 1.82) is 0 Å². The minimum absolute atomic E-state index is 0.167. The van der Waals surface area contributed by atoms with Gasteiger partial charge in [-0.1, -0.05) is 11.6 Å². The number of aromatic nitrogens is 2. The minimum Gasteiger partial charge on any atom is -0.459 e. The van der Waals surface area contributed by atoms with Crippen LogP contribution in [0.2, 0.25) is 5.02 Å². The van der Waals surface area contributed by atoms with E-state index in [4.69, 9.17) is 21.0 Å². The van der Waals surface area contributed by atoms with Gasteiger partial charge in [0.25, 0.3) is 11.5 Å². The molecule has 0 saturated carbocycles. The standard InChI is InChI=1S/C21H25ClN4O3/c1-5-25-19(23-17-9-8-15(22)13-16(17)20(25)27)14(2)26(11-10-24(3)4)21(28)18-7-6-12-29-18/h6-9,12-14H,5,10-11H2,1-4H3. The van der Waals surface area contributed by atoms with Gasteiger partial charge in [0, 0.05) is 24.7 Å². The molecule has 3 aromatic rings. The number of likely N-dealkylation sites (N-methyl/N-ethyl adjacent to an activating group) is 1. The Labute approximate surface area is 174 Å². The van der Waals surface area contributed by atoms with Gasteiger partial charge in [-0.25, -0.2) is 4.98 Å². The van der Waals surface area contributed by atoms with Crippen LogP contribution in [0.15, 0.2) is 45.8 Å². The van der Waals surface area contributed by atoms with Gasteiger partial charge in [-0.15, -0.1) is 0 Å². The molecule has 2 aromatic heterocycles. The molecule has 0 bridgehead atoms. The normalized spacial score (nSPS) is 12.5. The predicted octanol–water partition coefficient (Wildman–Crippen LogP) is 3.43. The first-order valence-corrected chi connectivity index (χ1v) is 9.90. The van der Waals surface area contributed by atoms with Crippen molar-refractivity contribution in [3.05, 3.63) is 63.6 Å². The molecular formula is C21H25ClN4O3. The van der Waals surface area contributed by atoms with E-state index in [0.717, 1.165) is 0 Å². The van der Waals surface area contributed by atoms with Gasteiger partial charge >= 0.3 is 0 Å². The molecule has 0 fully saturated rings. The van der Waals surface area contributed by atoms with Gasteiger partial charge in [-0.05, 0) is 58.3 Å². The number of carbonyl (C=O) groups excluding carboxylic acids is 1. The summed E-state index contributed by atoms with van der Waals surface area (Å²) in [4.78, 5) is 34.6. The van der Waals surface area contributed by atoms with Gasteiger partial charge < -0.3 is 14.2 Å². The third-order valence-electron chi connectivity index (χ3n) is 4.88. The third-order valence-corrected chi connectivity index (χ3v) is 5.12. The Morgan fingerprint density at radius 2 is 2.03 bits per heavy atom. The minimum atomic E-state index is -0.430.